The summed E-state index contributed by atoms with van der Waals surface area (Å²) in [5, 5.41) is 5.04. The van der Waals surface area contributed by atoms with Crippen molar-refractivity contribution >= 4 is 34.9 Å². The molecular formula is C18H17Cl2NO3. The zero-order valence-corrected chi connectivity index (χ0v) is 14.9. The van der Waals surface area contributed by atoms with Gasteiger partial charge in [-0.05, 0) is 43.7 Å². The van der Waals surface area contributed by atoms with Crippen molar-refractivity contribution in [2.24, 2.45) is 5.16 Å². The van der Waals surface area contributed by atoms with Gasteiger partial charge in [0, 0.05) is 5.56 Å². The Morgan fingerprint density at radius 1 is 1.04 bits per heavy atom. The van der Waals surface area contributed by atoms with E-state index in [1.165, 1.54) is 0 Å². The summed E-state index contributed by atoms with van der Waals surface area (Å²) in [5.41, 5.74) is 2.93. The monoisotopic (exact) mass is 365 g/mol. The highest BCUT2D eigenvalue weighted by atomic mass is 35.5. The summed E-state index contributed by atoms with van der Waals surface area (Å²) in [6, 6.07) is 12.3. The van der Waals surface area contributed by atoms with Crippen LogP contribution >= 0.6 is 23.2 Å². The van der Waals surface area contributed by atoms with Gasteiger partial charge in [-0.15, -0.1) is 0 Å². The van der Waals surface area contributed by atoms with Gasteiger partial charge >= 0.3 is 5.97 Å². The minimum atomic E-state index is -0.335. The molecule has 0 amide bonds. The summed E-state index contributed by atoms with van der Waals surface area (Å²) in [6.07, 6.45) is 0. The fraction of sp³-hybridized carbons (Fsp3) is 0.222. The molecule has 2 aromatic carbocycles. The van der Waals surface area contributed by atoms with Gasteiger partial charge in [0.2, 0.25) is 0 Å². The number of benzene rings is 2. The first-order valence-electron chi connectivity index (χ1n) is 7.39. The van der Waals surface area contributed by atoms with E-state index in [0.717, 1.165) is 11.1 Å². The number of hydrogen-bond donors (Lipinski definition) is 0. The Morgan fingerprint density at radius 3 is 2.33 bits per heavy atom. The van der Waals surface area contributed by atoms with Crippen molar-refractivity contribution in [2.75, 3.05) is 6.61 Å². The molecule has 0 saturated heterocycles. The van der Waals surface area contributed by atoms with E-state index in [1.54, 1.807) is 43.3 Å². The Morgan fingerprint density at radius 2 is 1.71 bits per heavy atom. The van der Waals surface area contributed by atoms with Gasteiger partial charge in [0.05, 0.1) is 27.9 Å². The molecule has 0 radical (unpaired) electrons. The average molecular weight is 366 g/mol. The van der Waals surface area contributed by atoms with Crippen molar-refractivity contribution in [1.29, 1.82) is 0 Å². The van der Waals surface area contributed by atoms with E-state index in [2.05, 4.69) is 5.16 Å². The van der Waals surface area contributed by atoms with E-state index in [0.29, 0.717) is 34.5 Å². The van der Waals surface area contributed by atoms with Crippen LogP contribution in [0.15, 0.2) is 47.6 Å². The maximum absolute atomic E-state index is 11.6. The predicted molar refractivity (Wildman–Crippen MR) is 95.9 cm³/mol. The number of ether oxygens (including phenoxy) is 1. The van der Waals surface area contributed by atoms with Crippen LogP contribution in [0.25, 0.3) is 0 Å². The van der Waals surface area contributed by atoms with Crippen LogP contribution < -0.4 is 0 Å². The number of carbonyl (C=O) groups excluding carboxylic acids is 1. The molecule has 2 rings (SSSR count). The minimum Gasteiger partial charge on any atom is -0.462 e. The van der Waals surface area contributed by atoms with Crippen molar-refractivity contribution < 1.29 is 14.4 Å². The molecular weight excluding hydrogens is 349 g/mol. The van der Waals surface area contributed by atoms with E-state index < -0.39 is 0 Å². The standard InChI is InChI=1S/C18H17Cl2NO3/c1-3-23-18(22)14-6-4-13(5-7-14)11-24-21-12(2)15-8-9-16(19)17(20)10-15/h4-10H,3,11H2,1-2H3/b21-12-. The second kappa shape index (κ2) is 8.71. The third-order valence-corrected chi connectivity index (χ3v) is 3.97. The average Bonchev–Trinajstić information content (AvgIpc) is 2.58. The van der Waals surface area contributed by atoms with Gasteiger partial charge in [-0.1, -0.05) is 46.6 Å². The third-order valence-electron chi connectivity index (χ3n) is 3.24. The van der Waals surface area contributed by atoms with Crippen molar-refractivity contribution in [3.05, 3.63) is 69.2 Å². The quantitative estimate of drug-likeness (QED) is 0.405. The smallest absolute Gasteiger partial charge is 0.338 e. The zero-order chi connectivity index (χ0) is 17.5. The van der Waals surface area contributed by atoms with Gasteiger partial charge in [-0.2, -0.15) is 0 Å². The van der Waals surface area contributed by atoms with Gasteiger partial charge in [-0.3, -0.25) is 0 Å². The van der Waals surface area contributed by atoms with E-state index in [-0.39, 0.29) is 5.97 Å². The molecule has 0 bridgehead atoms. The lowest BCUT2D eigenvalue weighted by atomic mass is 10.1. The van der Waals surface area contributed by atoms with Crippen molar-refractivity contribution in [3.8, 4) is 0 Å². The van der Waals surface area contributed by atoms with E-state index in [1.807, 2.05) is 13.0 Å². The second-order valence-corrected chi connectivity index (χ2v) is 5.81. The first-order chi connectivity index (χ1) is 11.5. The van der Waals surface area contributed by atoms with Crippen LogP contribution in [0.3, 0.4) is 0 Å². The highest BCUT2D eigenvalue weighted by Crippen LogP contribution is 2.23. The van der Waals surface area contributed by atoms with Gasteiger partial charge in [0.15, 0.2) is 0 Å². The van der Waals surface area contributed by atoms with Gasteiger partial charge in [0.25, 0.3) is 0 Å². The fourth-order valence-electron chi connectivity index (χ4n) is 1.93. The van der Waals surface area contributed by atoms with E-state index >= 15 is 0 Å². The summed E-state index contributed by atoms with van der Waals surface area (Å²) in [7, 11) is 0. The summed E-state index contributed by atoms with van der Waals surface area (Å²) in [6.45, 7) is 4.24. The normalized spacial score (nSPS) is 11.2. The molecule has 24 heavy (non-hydrogen) atoms. The highest BCUT2D eigenvalue weighted by Gasteiger charge is 2.06. The molecule has 0 aliphatic rings. The molecule has 0 saturated carbocycles. The van der Waals surface area contributed by atoms with Crippen LogP contribution in [0.5, 0.6) is 0 Å². The number of nitrogens with zero attached hydrogens (tertiary/aromatic N) is 1. The Bertz CT molecular complexity index is 742. The van der Waals surface area contributed by atoms with Crippen LogP contribution in [0.2, 0.25) is 10.0 Å². The number of oxime groups is 1. The summed E-state index contributed by atoms with van der Waals surface area (Å²) >= 11 is 11.9. The Balaban J connectivity index is 1.95. The maximum Gasteiger partial charge on any atom is 0.338 e. The summed E-state index contributed by atoms with van der Waals surface area (Å²) in [4.78, 5) is 16.9. The predicted octanol–water partition coefficient (Wildman–Crippen LogP) is 5.11. The number of rotatable bonds is 6. The highest BCUT2D eigenvalue weighted by molar-refractivity contribution is 6.42. The molecule has 0 heterocycles. The van der Waals surface area contributed by atoms with Crippen molar-refractivity contribution in [1.82, 2.24) is 0 Å². The summed E-state index contributed by atoms with van der Waals surface area (Å²) < 4.78 is 4.94. The SMILES string of the molecule is CCOC(=O)c1ccc(CO/N=C(/C)c2ccc(Cl)c(Cl)c2)cc1. The van der Waals surface area contributed by atoms with Crippen LogP contribution in [-0.4, -0.2) is 18.3 Å². The molecule has 0 unspecified atom stereocenters. The second-order valence-electron chi connectivity index (χ2n) is 5.00. The lowest BCUT2D eigenvalue weighted by Gasteiger charge is -2.05. The maximum atomic E-state index is 11.6. The molecule has 4 nitrogen and oxygen atoms in total. The molecule has 0 aliphatic carbocycles. The van der Waals surface area contributed by atoms with Gasteiger partial charge in [-0.25, -0.2) is 4.79 Å². The first kappa shape index (κ1) is 18.3. The Kier molecular flexibility index (Phi) is 6.64. The lowest BCUT2D eigenvalue weighted by molar-refractivity contribution is 0.0526. The topological polar surface area (TPSA) is 47.9 Å². The molecule has 126 valence electrons. The molecule has 6 heteroatoms. The fourth-order valence-corrected chi connectivity index (χ4v) is 2.23. The Hall–Kier alpha value is -2.04. The number of hydrogen-bond acceptors (Lipinski definition) is 4. The minimum absolute atomic E-state index is 0.293. The first-order valence-corrected chi connectivity index (χ1v) is 8.15. The molecule has 0 aromatic heterocycles. The van der Waals surface area contributed by atoms with Crippen LogP contribution in [-0.2, 0) is 16.2 Å². The molecule has 0 aliphatic heterocycles. The van der Waals surface area contributed by atoms with E-state index in [9.17, 15) is 4.79 Å². The lowest BCUT2D eigenvalue weighted by Crippen LogP contribution is -2.04. The van der Waals surface area contributed by atoms with Gasteiger partial charge in [0.1, 0.15) is 6.61 Å². The molecule has 0 atom stereocenters. The molecule has 0 fully saturated rings. The van der Waals surface area contributed by atoms with Crippen LogP contribution in [0.4, 0.5) is 0 Å². The summed E-state index contributed by atoms with van der Waals surface area (Å²) in [5.74, 6) is -0.335. The van der Waals surface area contributed by atoms with Crippen molar-refractivity contribution in [2.45, 2.75) is 20.5 Å². The van der Waals surface area contributed by atoms with Gasteiger partial charge < -0.3 is 9.57 Å². The Labute approximate surface area is 151 Å². The van der Waals surface area contributed by atoms with Crippen molar-refractivity contribution in [3.63, 3.8) is 0 Å². The molecule has 2 aromatic rings. The van der Waals surface area contributed by atoms with Crippen LogP contribution in [0.1, 0.15) is 35.3 Å². The van der Waals surface area contributed by atoms with E-state index in [4.69, 9.17) is 32.8 Å². The largest absolute Gasteiger partial charge is 0.462 e. The number of carbonyl (C=O) groups is 1. The van der Waals surface area contributed by atoms with Crippen LogP contribution in [0, 0.1) is 0 Å². The molecule has 0 spiro atoms. The molecule has 0 N–H and O–H groups in total. The third kappa shape index (κ3) is 4.98. The zero-order valence-electron chi connectivity index (χ0n) is 13.4. The number of halogens is 2. The number of esters is 1.